The van der Waals surface area contributed by atoms with E-state index >= 15 is 4.39 Å². The number of carbonyl (C=O) groups is 3. The maximum absolute atomic E-state index is 15.4. The molecule has 0 unspecified atom stereocenters. The number of fused-ring (bicyclic) bond motifs is 1. The topological polar surface area (TPSA) is 132 Å². The molecule has 0 radical (unpaired) electrons. The number of hydrogen-bond acceptors (Lipinski definition) is 9. The number of carbonyl (C=O) groups excluding carboxylic acids is 3. The van der Waals surface area contributed by atoms with E-state index in [1.165, 1.54) is 43.5 Å². The quantitative estimate of drug-likeness (QED) is 0.114. The van der Waals surface area contributed by atoms with Crippen LogP contribution in [0.1, 0.15) is 40.5 Å². The van der Waals surface area contributed by atoms with Gasteiger partial charge in [0.15, 0.2) is 23.1 Å². The van der Waals surface area contributed by atoms with Crippen molar-refractivity contribution in [2.75, 3.05) is 57.1 Å². The molecular weight excluding hydrogens is 700 g/mol. The largest absolute Gasteiger partial charge is 0.493 e. The van der Waals surface area contributed by atoms with Gasteiger partial charge >= 0.3 is 6.09 Å². The van der Waals surface area contributed by atoms with Gasteiger partial charge in [0.05, 0.1) is 19.2 Å². The van der Waals surface area contributed by atoms with Crippen LogP contribution in [-0.4, -0.2) is 84.7 Å². The van der Waals surface area contributed by atoms with Crippen LogP contribution in [0.5, 0.6) is 23.0 Å². The van der Waals surface area contributed by atoms with Crippen molar-refractivity contribution in [1.29, 1.82) is 0 Å². The molecule has 0 bridgehead atoms. The van der Waals surface area contributed by atoms with Crippen LogP contribution < -0.4 is 24.8 Å². The summed E-state index contributed by atoms with van der Waals surface area (Å²) < 4.78 is 51.9. The Bertz CT molecular complexity index is 2010. The van der Waals surface area contributed by atoms with Gasteiger partial charge in [-0.25, -0.2) is 13.6 Å². The summed E-state index contributed by atoms with van der Waals surface area (Å²) in [5.74, 6) is -1.30. The number of benzene rings is 3. The van der Waals surface area contributed by atoms with E-state index < -0.39 is 34.5 Å². The number of rotatable bonds is 12. The second kappa shape index (κ2) is 15.8. The van der Waals surface area contributed by atoms with Crippen LogP contribution in [0.25, 0.3) is 10.9 Å². The van der Waals surface area contributed by atoms with Crippen LogP contribution in [0.4, 0.5) is 25.0 Å². The smallest absolute Gasteiger partial charge is 0.410 e. The van der Waals surface area contributed by atoms with E-state index in [-0.39, 0.29) is 23.4 Å². The fourth-order valence-corrected chi connectivity index (χ4v) is 6.40. The van der Waals surface area contributed by atoms with Crippen LogP contribution in [0.2, 0.25) is 0 Å². The Kier molecular flexibility index (Phi) is 11.2. The van der Waals surface area contributed by atoms with Crippen molar-refractivity contribution in [1.82, 2.24) is 14.8 Å². The predicted molar refractivity (Wildman–Crippen MR) is 199 cm³/mol. The normalized spacial score (nSPS) is 18.5. The molecule has 4 aromatic rings. The molecule has 3 aromatic carbocycles. The molecule has 2 aliphatic rings. The first-order valence-corrected chi connectivity index (χ1v) is 17.9. The lowest BCUT2D eigenvalue weighted by Gasteiger charge is -2.35. The molecule has 6 rings (SSSR count). The second-order valence-electron chi connectivity index (χ2n) is 14.6. The first kappa shape index (κ1) is 38.2. The highest BCUT2D eigenvalue weighted by Gasteiger charge is 2.63. The van der Waals surface area contributed by atoms with Gasteiger partial charge in [0.2, 0.25) is 11.8 Å². The third-order valence-corrected chi connectivity index (χ3v) is 9.52. The molecule has 14 heteroatoms. The molecule has 12 nitrogen and oxygen atoms in total. The third kappa shape index (κ3) is 8.82. The van der Waals surface area contributed by atoms with Gasteiger partial charge in [-0.3, -0.25) is 19.5 Å². The molecule has 0 spiro atoms. The molecule has 2 fully saturated rings. The van der Waals surface area contributed by atoms with Crippen LogP contribution in [0.3, 0.4) is 0 Å². The predicted octanol–water partition coefficient (Wildman–Crippen LogP) is 7.24. The van der Waals surface area contributed by atoms with Gasteiger partial charge in [0, 0.05) is 67.8 Å². The molecule has 1 aliphatic carbocycles. The Labute approximate surface area is 312 Å². The number of amides is 3. The monoisotopic (exact) mass is 745 g/mol. The Hall–Kier alpha value is -5.50. The second-order valence-corrected chi connectivity index (χ2v) is 14.6. The number of nitrogens with zero attached hydrogens (tertiary/aromatic N) is 3. The van der Waals surface area contributed by atoms with Gasteiger partial charge in [-0.2, -0.15) is 0 Å². The maximum Gasteiger partial charge on any atom is 0.410 e. The van der Waals surface area contributed by atoms with E-state index in [1.54, 1.807) is 36.2 Å². The van der Waals surface area contributed by atoms with E-state index in [9.17, 15) is 18.8 Å². The van der Waals surface area contributed by atoms with Crippen molar-refractivity contribution in [2.45, 2.75) is 46.1 Å². The summed E-state index contributed by atoms with van der Waals surface area (Å²) in [6.07, 6.45) is 2.33. The number of pyridine rings is 1. The van der Waals surface area contributed by atoms with E-state index in [1.807, 2.05) is 20.8 Å². The van der Waals surface area contributed by atoms with Crippen molar-refractivity contribution in [3.8, 4) is 23.0 Å². The lowest BCUT2D eigenvalue weighted by atomic mass is 10.0. The number of ether oxygens (including phenoxy) is 4. The van der Waals surface area contributed by atoms with Crippen LogP contribution >= 0.6 is 0 Å². The van der Waals surface area contributed by atoms with Crippen LogP contribution in [0.15, 0.2) is 66.9 Å². The fourth-order valence-electron chi connectivity index (χ4n) is 6.40. The number of nitrogens with one attached hydrogen (secondary N) is 2. The summed E-state index contributed by atoms with van der Waals surface area (Å²) >= 11 is 0. The molecule has 1 saturated heterocycles. The zero-order valence-corrected chi connectivity index (χ0v) is 31.0. The summed E-state index contributed by atoms with van der Waals surface area (Å²) in [5.41, 5.74) is -0.787. The summed E-state index contributed by atoms with van der Waals surface area (Å²) in [7, 11) is 1.53. The first-order chi connectivity index (χ1) is 25.8. The van der Waals surface area contributed by atoms with Gasteiger partial charge in [-0.05, 0) is 88.1 Å². The number of anilines is 2. The molecule has 2 heterocycles. The van der Waals surface area contributed by atoms with Crippen molar-refractivity contribution in [3.63, 3.8) is 0 Å². The summed E-state index contributed by atoms with van der Waals surface area (Å²) in [5, 5.41) is 5.92. The summed E-state index contributed by atoms with van der Waals surface area (Å²) in [6, 6.07) is 14.4. The zero-order chi connectivity index (χ0) is 38.6. The van der Waals surface area contributed by atoms with Gasteiger partial charge in [0.25, 0.3) is 0 Å². The number of aromatic nitrogens is 1. The van der Waals surface area contributed by atoms with Crippen molar-refractivity contribution in [3.05, 3.63) is 78.5 Å². The lowest BCUT2D eigenvalue weighted by molar-refractivity contribution is -0.131. The van der Waals surface area contributed by atoms with E-state index in [4.69, 9.17) is 18.9 Å². The average molecular weight is 746 g/mol. The maximum atomic E-state index is 15.4. The number of piperazine rings is 1. The molecule has 54 heavy (non-hydrogen) atoms. The molecule has 286 valence electrons. The highest BCUT2D eigenvalue weighted by molar-refractivity contribution is 6.17. The number of halogens is 2. The van der Waals surface area contributed by atoms with Gasteiger partial charge in [-0.1, -0.05) is 6.92 Å². The molecule has 1 aromatic heterocycles. The van der Waals surface area contributed by atoms with Crippen LogP contribution in [0, 0.1) is 23.0 Å². The number of hydrogen-bond donors (Lipinski definition) is 2. The average Bonchev–Trinajstić information content (AvgIpc) is 3.83. The first-order valence-electron chi connectivity index (χ1n) is 17.9. The Morgan fingerprint density at radius 2 is 1.54 bits per heavy atom. The van der Waals surface area contributed by atoms with Crippen molar-refractivity contribution < 1.29 is 42.1 Å². The molecule has 3 amide bonds. The van der Waals surface area contributed by atoms with Gasteiger partial charge in [0.1, 0.15) is 22.6 Å². The Balaban J connectivity index is 1.04. The molecular formula is C40H45F2N5O7. The van der Waals surface area contributed by atoms with Crippen LogP contribution in [-0.2, 0) is 14.3 Å². The summed E-state index contributed by atoms with van der Waals surface area (Å²) in [4.78, 5) is 47.2. The highest BCUT2D eigenvalue weighted by atomic mass is 19.1. The SMILES string of the molecule is COc1cc2c(Oc3ccc(NC(=O)[C@]4(C(=O)Nc5ccc(F)cc5)C[C@H]4C)cc3F)ccnc2cc1OCCCN1CCN(C(=O)OC(C)(C)C)CC1. The highest BCUT2D eigenvalue weighted by Crippen LogP contribution is 2.54. The lowest BCUT2D eigenvalue weighted by Crippen LogP contribution is -2.50. The molecule has 2 N–H and O–H groups in total. The minimum atomic E-state index is -1.34. The standard InChI is InChI=1S/C40H45F2N5O7/c1-25-24-40(25,36(48)44-27-9-7-26(41)8-10-27)37(49)45-28-11-12-33(30(42)21-28)53-32-13-14-43-31-23-35(34(51-5)22-29(31)32)52-20-6-15-46-16-18-47(19-17-46)38(50)54-39(2,3)4/h7-14,21-23,25H,6,15-20,24H2,1-5H3,(H,44,48)(H,45,49)/t25-,40-/m1/s1. The zero-order valence-electron chi connectivity index (χ0n) is 31.0. The third-order valence-electron chi connectivity index (χ3n) is 9.52. The number of methoxy groups -OCH3 is 1. The van der Waals surface area contributed by atoms with Crippen molar-refractivity contribution in [2.24, 2.45) is 11.3 Å². The van der Waals surface area contributed by atoms with Crippen molar-refractivity contribution >= 4 is 40.2 Å². The van der Waals surface area contributed by atoms with Gasteiger partial charge < -0.3 is 34.5 Å². The van der Waals surface area contributed by atoms with E-state index in [0.29, 0.717) is 60.0 Å². The Morgan fingerprint density at radius 1 is 0.870 bits per heavy atom. The Morgan fingerprint density at radius 3 is 2.17 bits per heavy atom. The fraction of sp³-hybridized carbons (Fsp3) is 0.400. The minimum absolute atomic E-state index is 0.0877. The van der Waals surface area contributed by atoms with E-state index in [0.717, 1.165) is 32.1 Å². The van der Waals surface area contributed by atoms with Gasteiger partial charge in [-0.15, -0.1) is 0 Å². The van der Waals surface area contributed by atoms with E-state index in [2.05, 4.69) is 20.5 Å². The summed E-state index contributed by atoms with van der Waals surface area (Å²) in [6.45, 7) is 11.3. The minimum Gasteiger partial charge on any atom is -0.493 e. The molecule has 1 saturated carbocycles. The molecule has 1 aliphatic heterocycles. The molecule has 2 atom stereocenters.